The fourth-order valence-electron chi connectivity index (χ4n) is 2.28. The first kappa shape index (κ1) is 9.20. The fraction of sp³-hybridized carbons (Fsp3) is 0.818. The van der Waals surface area contributed by atoms with E-state index in [4.69, 9.17) is 4.74 Å². The van der Waals surface area contributed by atoms with Gasteiger partial charge in [0.1, 0.15) is 11.8 Å². The molecule has 0 aliphatic carbocycles. The molecular weight excluding hydrogens is 167 g/mol. The number of alkyl halides is 1. The molecule has 13 heavy (non-hydrogen) atoms. The molecule has 2 aliphatic rings. The van der Waals surface area contributed by atoms with Crippen molar-refractivity contribution < 1.29 is 9.13 Å². The van der Waals surface area contributed by atoms with Crippen LogP contribution in [-0.2, 0) is 4.74 Å². The molecule has 0 amide bonds. The molecule has 2 aliphatic heterocycles. The number of halogens is 1. The SMILES string of the molecule is CCCCCC1(F)CC2C=CC1O2. The van der Waals surface area contributed by atoms with Gasteiger partial charge in [-0.1, -0.05) is 38.3 Å². The highest BCUT2D eigenvalue weighted by Gasteiger charge is 2.49. The molecule has 0 spiro atoms. The lowest BCUT2D eigenvalue weighted by molar-refractivity contribution is 0.0472. The van der Waals surface area contributed by atoms with E-state index in [2.05, 4.69) is 6.92 Å². The third-order valence-electron chi connectivity index (χ3n) is 3.07. The molecule has 2 bridgehead atoms. The molecule has 0 aromatic rings. The maximum absolute atomic E-state index is 14.2. The predicted octanol–water partition coefficient (Wildman–Crippen LogP) is 3.00. The van der Waals surface area contributed by atoms with Crippen LogP contribution in [0.25, 0.3) is 0 Å². The van der Waals surface area contributed by atoms with E-state index in [0.717, 1.165) is 19.3 Å². The van der Waals surface area contributed by atoms with Crippen molar-refractivity contribution in [2.24, 2.45) is 0 Å². The van der Waals surface area contributed by atoms with Gasteiger partial charge in [-0.15, -0.1) is 0 Å². The maximum Gasteiger partial charge on any atom is 0.143 e. The van der Waals surface area contributed by atoms with Crippen LogP contribution in [0.4, 0.5) is 4.39 Å². The van der Waals surface area contributed by atoms with Gasteiger partial charge in [0.15, 0.2) is 0 Å². The first-order valence-corrected chi connectivity index (χ1v) is 5.27. The highest BCUT2D eigenvalue weighted by molar-refractivity contribution is 5.17. The molecule has 0 aromatic carbocycles. The maximum atomic E-state index is 14.2. The largest absolute Gasteiger partial charge is 0.363 e. The Bertz CT molecular complexity index is 214. The van der Waals surface area contributed by atoms with E-state index < -0.39 is 5.67 Å². The average Bonchev–Trinajstić information content (AvgIpc) is 2.64. The summed E-state index contributed by atoms with van der Waals surface area (Å²) < 4.78 is 19.6. The Morgan fingerprint density at radius 1 is 1.46 bits per heavy atom. The average molecular weight is 184 g/mol. The van der Waals surface area contributed by atoms with Crippen LogP contribution in [0.15, 0.2) is 12.2 Å². The van der Waals surface area contributed by atoms with Gasteiger partial charge in [0.25, 0.3) is 0 Å². The molecule has 1 fully saturated rings. The van der Waals surface area contributed by atoms with Gasteiger partial charge in [-0.3, -0.25) is 0 Å². The lowest BCUT2D eigenvalue weighted by Crippen LogP contribution is -2.32. The van der Waals surface area contributed by atoms with Gasteiger partial charge in [0.2, 0.25) is 0 Å². The first-order chi connectivity index (χ1) is 6.24. The van der Waals surface area contributed by atoms with Crippen molar-refractivity contribution in [3.8, 4) is 0 Å². The predicted molar refractivity (Wildman–Crippen MR) is 50.4 cm³/mol. The second-order valence-corrected chi connectivity index (χ2v) is 4.18. The number of ether oxygens (including phenoxy) is 1. The van der Waals surface area contributed by atoms with Gasteiger partial charge in [0, 0.05) is 6.42 Å². The fourth-order valence-corrected chi connectivity index (χ4v) is 2.28. The smallest absolute Gasteiger partial charge is 0.143 e. The second-order valence-electron chi connectivity index (χ2n) is 4.18. The van der Waals surface area contributed by atoms with Crippen molar-refractivity contribution >= 4 is 0 Å². The number of unbranched alkanes of at least 4 members (excludes halogenated alkanes) is 2. The second kappa shape index (κ2) is 3.41. The minimum Gasteiger partial charge on any atom is -0.363 e. The van der Waals surface area contributed by atoms with Crippen molar-refractivity contribution in [2.75, 3.05) is 0 Å². The minimum atomic E-state index is -1.05. The van der Waals surface area contributed by atoms with Gasteiger partial charge in [0.05, 0.1) is 6.10 Å². The monoisotopic (exact) mass is 184 g/mol. The van der Waals surface area contributed by atoms with Crippen molar-refractivity contribution in [2.45, 2.75) is 56.9 Å². The van der Waals surface area contributed by atoms with Crippen LogP contribution in [0, 0.1) is 0 Å². The summed E-state index contributed by atoms with van der Waals surface area (Å²) >= 11 is 0. The summed E-state index contributed by atoms with van der Waals surface area (Å²) in [5, 5.41) is 0. The van der Waals surface area contributed by atoms with Crippen LogP contribution in [0.2, 0.25) is 0 Å². The van der Waals surface area contributed by atoms with E-state index in [1.165, 1.54) is 0 Å². The van der Waals surface area contributed by atoms with E-state index in [-0.39, 0.29) is 12.2 Å². The summed E-state index contributed by atoms with van der Waals surface area (Å²) in [4.78, 5) is 0. The van der Waals surface area contributed by atoms with Crippen LogP contribution < -0.4 is 0 Å². The summed E-state index contributed by atoms with van der Waals surface area (Å²) in [7, 11) is 0. The lowest BCUT2D eigenvalue weighted by Gasteiger charge is -2.24. The molecule has 1 nitrogen and oxygen atoms in total. The van der Waals surface area contributed by atoms with Gasteiger partial charge in [-0.05, 0) is 6.42 Å². The molecule has 74 valence electrons. The third-order valence-corrected chi connectivity index (χ3v) is 3.07. The standard InChI is InChI=1S/C11H17FO/c1-2-3-4-7-11(12)8-9-5-6-10(11)13-9/h5-6,9-10H,2-4,7-8H2,1H3. The molecule has 0 N–H and O–H groups in total. The summed E-state index contributed by atoms with van der Waals surface area (Å²) in [6.07, 6.45) is 8.24. The first-order valence-electron chi connectivity index (χ1n) is 5.27. The quantitative estimate of drug-likeness (QED) is 0.482. The Labute approximate surface area is 79.0 Å². The van der Waals surface area contributed by atoms with E-state index in [1.54, 1.807) is 0 Å². The minimum absolute atomic E-state index is 0.0663. The van der Waals surface area contributed by atoms with Crippen molar-refractivity contribution in [1.82, 2.24) is 0 Å². The van der Waals surface area contributed by atoms with Crippen LogP contribution in [0.1, 0.15) is 39.0 Å². The van der Waals surface area contributed by atoms with Crippen LogP contribution in [0.3, 0.4) is 0 Å². The van der Waals surface area contributed by atoms with Crippen molar-refractivity contribution in [1.29, 1.82) is 0 Å². The highest BCUT2D eigenvalue weighted by Crippen LogP contribution is 2.43. The molecule has 2 rings (SSSR count). The van der Waals surface area contributed by atoms with E-state index >= 15 is 0 Å². The molecule has 1 saturated heterocycles. The molecule has 2 heteroatoms. The topological polar surface area (TPSA) is 9.23 Å². The summed E-state index contributed by atoms with van der Waals surface area (Å²) in [5.74, 6) is 0. The van der Waals surface area contributed by atoms with Crippen LogP contribution >= 0.6 is 0 Å². The molecule has 2 heterocycles. The molecule has 0 aromatic heterocycles. The molecule has 0 radical (unpaired) electrons. The number of hydrogen-bond donors (Lipinski definition) is 0. The van der Waals surface area contributed by atoms with Crippen LogP contribution in [-0.4, -0.2) is 17.9 Å². The molecule has 3 atom stereocenters. The van der Waals surface area contributed by atoms with Gasteiger partial charge in [-0.2, -0.15) is 0 Å². The normalized spacial score (nSPS) is 41.7. The lowest BCUT2D eigenvalue weighted by atomic mass is 9.86. The van der Waals surface area contributed by atoms with E-state index in [1.807, 2.05) is 12.2 Å². The molecule has 0 saturated carbocycles. The number of fused-ring (bicyclic) bond motifs is 2. The van der Waals surface area contributed by atoms with E-state index in [0.29, 0.717) is 12.8 Å². The third kappa shape index (κ3) is 1.64. The molecule has 3 unspecified atom stereocenters. The Hall–Kier alpha value is -0.370. The number of hydrogen-bond acceptors (Lipinski definition) is 1. The zero-order valence-electron chi connectivity index (χ0n) is 8.13. The Balaban J connectivity index is 1.87. The van der Waals surface area contributed by atoms with Crippen molar-refractivity contribution in [3.63, 3.8) is 0 Å². The summed E-state index contributed by atoms with van der Waals surface area (Å²) in [5.41, 5.74) is -1.05. The van der Waals surface area contributed by atoms with E-state index in [9.17, 15) is 4.39 Å². The van der Waals surface area contributed by atoms with Crippen molar-refractivity contribution in [3.05, 3.63) is 12.2 Å². The van der Waals surface area contributed by atoms with Gasteiger partial charge in [-0.25, -0.2) is 4.39 Å². The Morgan fingerprint density at radius 2 is 2.31 bits per heavy atom. The molecular formula is C11H17FO. The van der Waals surface area contributed by atoms with Crippen LogP contribution in [0.5, 0.6) is 0 Å². The van der Waals surface area contributed by atoms with Gasteiger partial charge >= 0.3 is 0 Å². The summed E-state index contributed by atoms with van der Waals surface area (Å²) in [6.45, 7) is 2.14. The Kier molecular flexibility index (Phi) is 2.41. The number of rotatable bonds is 4. The van der Waals surface area contributed by atoms with Gasteiger partial charge < -0.3 is 4.74 Å². The zero-order chi connectivity index (χ0) is 9.31. The highest BCUT2D eigenvalue weighted by atomic mass is 19.1. The zero-order valence-corrected chi connectivity index (χ0v) is 8.13. The Morgan fingerprint density at radius 3 is 2.85 bits per heavy atom. The summed E-state index contributed by atoms with van der Waals surface area (Å²) in [6, 6.07) is 0.